The van der Waals surface area contributed by atoms with Crippen LogP contribution in [0.2, 0.25) is 0 Å². The molecule has 0 saturated heterocycles. The van der Waals surface area contributed by atoms with Gasteiger partial charge in [0.2, 0.25) is 0 Å². The molecule has 0 fully saturated rings. The van der Waals surface area contributed by atoms with E-state index in [-0.39, 0.29) is 0 Å². The summed E-state index contributed by atoms with van der Waals surface area (Å²) >= 11 is 0. The number of rotatable bonds is 6. The standard InChI is InChI=1S/C30H30O/c1-21-4-10-24(11-5-21)18-27-16-17-30(31)29(20-26-14-8-23(3)9-15-26)28(27)19-25-12-6-22(2)7-13-25/h4-17,31H,18-20H2,1-3H3. The van der Waals surface area contributed by atoms with Crippen LogP contribution in [0.1, 0.15) is 50.1 Å². The summed E-state index contributed by atoms with van der Waals surface area (Å²) in [6.45, 7) is 6.34. The number of hydrogen-bond donors (Lipinski definition) is 1. The number of aromatic hydroxyl groups is 1. The van der Waals surface area contributed by atoms with Crippen LogP contribution in [0.4, 0.5) is 0 Å². The second-order valence-corrected chi connectivity index (χ2v) is 8.69. The van der Waals surface area contributed by atoms with Crippen molar-refractivity contribution in [3.8, 4) is 5.75 Å². The molecule has 1 nitrogen and oxygen atoms in total. The Morgan fingerprint density at radius 3 is 1.29 bits per heavy atom. The molecule has 0 aliphatic heterocycles. The molecule has 31 heavy (non-hydrogen) atoms. The minimum absolute atomic E-state index is 0.385. The maximum absolute atomic E-state index is 10.9. The molecule has 0 spiro atoms. The van der Waals surface area contributed by atoms with Crippen molar-refractivity contribution in [2.75, 3.05) is 0 Å². The first-order valence-electron chi connectivity index (χ1n) is 11.0. The van der Waals surface area contributed by atoms with Crippen molar-refractivity contribution in [1.82, 2.24) is 0 Å². The number of phenolic OH excluding ortho intramolecular Hbond substituents is 1. The third-order valence-electron chi connectivity index (χ3n) is 6.02. The Morgan fingerprint density at radius 2 is 0.839 bits per heavy atom. The number of phenols is 1. The van der Waals surface area contributed by atoms with Crippen LogP contribution in [0.25, 0.3) is 0 Å². The molecule has 4 rings (SSSR count). The second kappa shape index (κ2) is 9.22. The summed E-state index contributed by atoms with van der Waals surface area (Å²) in [5.41, 5.74) is 11.1. The van der Waals surface area contributed by atoms with Crippen LogP contribution in [-0.4, -0.2) is 5.11 Å². The molecule has 0 bridgehead atoms. The van der Waals surface area contributed by atoms with E-state index in [4.69, 9.17) is 0 Å². The van der Waals surface area contributed by atoms with Gasteiger partial charge in [-0.3, -0.25) is 0 Å². The topological polar surface area (TPSA) is 20.2 Å². The molecule has 1 heteroatoms. The Morgan fingerprint density at radius 1 is 0.452 bits per heavy atom. The fraction of sp³-hybridized carbons (Fsp3) is 0.200. The van der Waals surface area contributed by atoms with Crippen LogP contribution in [0, 0.1) is 20.8 Å². The smallest absolute Gasteiger partial charge is 0.119 e. The Labute approximate surface area is 186 Å². The lowest BCUT2D eigenvalue weighted by Gasteiger charge is -2.18. The molecule has 0 aromatic heterocycles. The number of benzene rings is 4. The van der Waals surface area contributed by atoms with Gasteiger partial charge in [-0.1, -0.05) is 95.6 Å². The average molecular weight is 407 g/mol. The predicted molar refractivity (Wildman–Crippen MR) is 130 cm³/mol. The quantitative estimate of drug-likeness (QED) is 0.362. The molecule has 0 aliphatic rings. The van der Waals surface area contributed by atoms with E-state index in [1.54, 1.807) is 0 Å². The largest absolute Gasteiger partial charge is 0.508 e. The van der Waals surface area contributed by atoms with E-state index in [2.05, 4.69) is 99.6 Å². The first-order valence-corrected chi connectivity index (χ1v) is 11.0. The van der Waals surface area contributed by atoms with Crippen molar-refractivity contribution >= 4 is 0 Å². The van der Waals surface area contributed by atoms with Crippen LogP contribution in [0.5, 0.6) is 5.75 Å². The summed E-state index contributed by atoms with van der Waals surface area (Å²) in [6, 6.07) is 30.0. The SMILES string of the molecule is Cc1ccc(Cc2ccc(O)c(Cc3ccc(C)cc3)c2Cc2ccc(C)cc2)cc1. The van der Waals surface area contributed by atoms with Crippen molar-refractivity contribution < 1.29 is 5.11 Å². The molecule has 4 aromatic carbocycles. The van der Waals surface area contributed by atoms with Gasteiger partial charge in [0.15, 0.2) is 0 Å². The first-order chi connectivity index (χ1) is 15.0. The van der Waals surface area contributed by atoms with E-state index in [9.17, 15) is 5.11 Å². The zero-order chi connectivity index (χ0) is 21.8. The van der Waals surface area contributed by atoms with Crippen molar-refractivity contribution in [3.05, 3.63) is 135 Å². The summed E-state index contributed by atoms with van der Waals surface area (Å²) in [6.07, 6.45) is 2.41. The molecule has 4 aromatic rings. The minimum Gasteiger partial charge on any atom is -0.508 e. The monoisotopic (exact) mass is 406 g/mol. The highest BCUT2D eigenvalue weighted by molar-refractivity contribution is 5.50. The molecule has 0 unspecified atom stereocenters. The Hall–Kier alpha value is -3.32. The van der Waals surface area contributed by atoms with Crippen molar-refractivity contribution in [1.29, 1.82) is 0 Å². The number of aryl methyl sites for hydroxylation is 3. The molecular weight excluding hydrogens is 376 g/mol. The Kier molecular flexibility index (Phi) is 6.23. The summed E-state index contributed by atoms with van der Waals surface area (Å²) in [7, 11) is 0. The fourth-order valence-electron chi connectivity index (χ4n) is 4.06. The molecule has 0 heterocycles. The maximum Gasteiger partial charge on any atom is 0.119 e. The van der Waals surface area contributed by atoms with E-state index in [0.29, 0.717) is 5.75 Å². The molecule has 0 radical (unpaired) electrons. The van der Waals surface area contributed by atoms with Crippen molar-refractivity contribution in [2.24, 2.45) is 0 Å². The van der Waals surface area contributed by atoms with Gasteiger partial charge in [0.1, 0.15) is 5.75 Å². The highest BCUT2D eigenvalue weighted by atomic mass is 16.3. The van der Waals surface area contributed by atoms with E-state index in [0.717, 1.165) is 24.8 Å². The maximum atomic E-state index is 10.9. The van der Waals surface area contributed by atoms with Gasteiger partial charge in [0, 0.05) is 12.0 Å². The highest BCUT2D eigenvalue weighted by Gasteiger charge is 2.15. The normalized spacial score (nSPS) is 10.9. The van der Waals surface area contributed by atoms with Crippen LogP contribution in [0.3, 0.4) is 0 Å². The molecule has 0 atom stereocenters. The second-order valence-electron chi connectivity index (χ2n) is 8.69. The zero-order valence-electron chi connectivity index (χ0n) is 18.7. The molecule has 0 saturated carbocycles. The van der Waals surface area contributed by atoms with Gasteiger partial charge in [-0.15, -0.1) is 0 Å². The number of hydrogen-bond acceptors (Lipinski definition) is 1. The summed E-state index contributed by atoms with van der Waals surface area (Å²) in [4.78, 5) is 0. The van der Waals surface area contributed by atoms with Gasteiger partial charge >= 0.3 is 0 Å². The Balaban J connectivity index is 1.76. The third kappa shape index (κ3) is 5.24. The van der Waals surface area contributed by atoms with Gasteiger partial charge in [0.25, 0.3) is 0 Å². The van der Waals surface area contributed by atoms with Crippen molar-refractivity contribution in [3.63, 3.8) is 0 Å². The van der Waals surface area contributed by atoms with Crippen LogP contribution >= 0.6 is 0 Å². The van der Waals surface area contributed by atoms with Gasteiger partial charge in [-0.05, 0) is 67.5 Å². The van der Waals surface area contributed by atoms with E-state index >= 15 is 0 Å². The lowest BCUT2D eigenvalue weighted by Crippen LogP contribution is -2.04. The van der Waals surface area contributed by atoms with Crippen LogP contribution in [-0.2, 0) is 19.3 Å². The molecule has 0 aliphatic carbocycles. The highest BCUT2D eigenvalue weighted by Crippen LogP contribution is 2.31. The van der Waals surface area contributed by atoms with E-state index in [1.165, 1.54) is 44.5 Å². The van der Waals surface area contributed by atoms with Gasteiger partial charge < -0.3 is 5.11 Å². The summed E-state index contributed by atoms with van der Waals surface area (Å²) in [5, 5.41) is 10.9. The van der Waals surface area contributed by atoms with Crippen molar-refractivity contribution in [2.45, 2.75) is 40.0 Å². The lowest BCUT2D eigenvalue weighted by atomic mass is 9.88. The summed E-state index contributed by atoms with van der Waals surface area (Å²) in [5.74, 6) is 0.385. The Bertz CT molecular complexity index is 1150. The van der Waals surface area contributed by atoms with Gasteiger partial charge in [-0.2, -0.15) is 0 Å². The van der Waals surface area contributed by atoms with Gasteiger partial charge in [0.05, 0.1) is 0 Å². The minimum atomic E-state index is 0.385. The fourth-order valence-corrected chi connectivity index (χ4v) is 4.06. The third-order valence-corrected chi connectivity index (χ3v) is 6.02. The molecule has 1 N–H and O–H groups in total. The van der Waals surface area contributed by atoms with Crippen LogP contribution in [0.15, 0.2) is 84.9 Å². The first kappa shape index (κ1) is 20.9. The molecule has 156 valence electrons. The van der Waals surface area contributed by atoms with E-state index in [1.807, 2.05) is 6.07 Å². The van der Waals surface area contributed by atoms with Crippen LogP contribution < -0.4 is 0 Å². The summed E-state index contributed by atoms with van der Waals surface area (Å²) < 4.78 is 0. The van der Waals surface area contributed by atoms with E-state index < -0.39 is 0 Å². The van der Waals surface area contributed by atoms with Gasteiger partial charge in [-0.25, -0.2) is 0 Å². The zero-order valence-corrected chi connectivity index (χ0v) is 18.7. The molecular formula is C30H30O. The molecule has 0 amide bonds. The average Bonchev–Trinajstić information content (AvgIpc) is 2.77. The predicted octanol–water partition coefficient (Wildman–Crippen LogP) is 7.09. The lowest BCUT2D eigenvalue weighted by molar-refractivity contribution is 0.468.